The van der Waals surface area contributed by atoms with Crippen LogP contribution in [0.4, 0.5) is 0 Å². The van der Waals surface area contributed by atoms with Gasteiger partial charge in [0.2, 0.25) is 0 Å². The van der Waals surface area contributed by atoms with Crippen LogP contribution < -0.4 is 0 Å². The number of benzene rings is 1. The van der Waals surface area contributed by atoms with Crippen molar-refractivity contribution in [3.8, 4) is 0 Å². The first kappa shape index (κ1) is 7.56. The van der Waals surface area contributed by atoms with Crippen LogP contribution in [0.1, 0.15) is 11.1 Å². The van der Waals surface area contributed by atoms with E-state index >= 15 is 0 Å². The van der Waals surface area contributed by atoms with Crippen LogP contribution in [-0.4, -0.2) is 5.08 Å². The molecular formula is C9H10S2. The Morgan fingerprint density at radius 2 is 2.27 bits per heavy atom. The van der Waals surface area contributed by atoms with Crippen molar-refractivity contribution < 1.29 is 0 Å². The number of rotatable bonds is 0. The summed E-state index contributed by atoms with van der Waals surface area (Å²) in [4.78, 5) is 1.48. The maximum Gasteiger partial charge on any atom is 0.0442 e. The quantitative estimate of drug-likeness (QED) is 0.604. The van der Waals surface area contributed by atoms with Crippen molar-refractivity contribution in [1.82, 2.24) is 0 Å². The van der Waals surface area contributed by atoms with Gasteiger partial charge in [-0.3, -0.25) is 0 Å². The van der Waals surface area contributed by atoms with Crippen molar-refractivity contribution in [2.24, 2.45) is 0 Å². The van der Waals surface area contributed by atoms with Gasteiger partial charge in [-0.1, -0.05) is 17.7 Å². The first-order chi connectivity index (χ1) is 5.36. The smallest absolute Gasteiger partial charge is 0.0442 e. The van der Waals surface area contributed by atoms with Crippen molar-refractivity contribution in [3.05, 3.63) is 29.3 Å². The molecule has 0 aromatic heterocycles. The molecule has 1 aliphatic heterocycles. The van der Waals surface area contributed by atoms with Gasteiger partial charge in [0.25, 0.3) is 0 Å². The molecule has 1 aromatic carbocycles. The molecule has 1 aromatic rings. The van der Waals surface area contributed by atoms with E-state index in [-0.39, 0.29) is 0 Å². The standard InChI is InChI=1S/C9H10S2/c1-7-2-3-9-8(4-7)5-10-6-11-9/h2-4H,5-6H2,1H3. The molecular weight excluding hydrogens is 172 g/mol. The summed E-state index contributed by atoms with van der Waals surface area (Å²) >= 11 is 3.97. The number of hydrogen-bond donors (Lipinski definition) is 0. The summed E-state index contributed by atoms with van der Waals surface area (Å²) in [5.41, 5.74) is 2.90. The minimum absolute atomic E-state index is 1.20. The summed E-state index contributed by atoms with van der Waals surface area (Å²) in [6.45, 7) is 2.16. The minimum atomic E-state index is 1.20. The van der Waals surface area contributed by atoms with Crippen LogP contribution in [0.15, 0.2) is 23.1 Å². The molecule has 1 aliphatic rings. The number of hydrogen-bond acceptors (Lipinski definition) is 2. The zero-order chi connectivity index (χ0) is 7.68. The predicted octanol–water partition coefficient (Wildman–Crippen LogP) is 3.29. The van der Waals surface area contributed by atoms with Crippen molar-refractivity contribution in [1.29, 1.82) is 0 Å². The van der Waals surface area contributed by atoms with E-state index in [0.29, 0.717) is 0 Å². The van der Waals surface area contributed by atoms with E-state index in [2.05, 4.69) is 25.1 Å². The molecule has 2 heteroatoms. The Morgan fingerprint density at radius 1 is 1.36 bits per heavy atom. The Bertz CT molecular complexity index is 268. The van der Waals surface area contributed by atoms with E-state index in [1.54, 1.807) is 0 Å². The molecule has 1 heterocycles. The molecule has 2 rings (SSSR count). The summed E-state index contributed by atoms with van der Waals surface area (Å²) in [6.07, 6.45) is 0. The lowest BCUT2D eigenvalue weighted by Crippen LogP contribution is -1.92. The molecule has 0 saturated heterocycles. The van der Waals surface area contributed by atoms with E-state index in [1.165, 1.54) is 26.9 Å². The Labute approximate surface area is 75.8 Å². The maximum absolute atomic E-state index is 2.30. The summed E-state index contributed by atoms with van der Waals surface area (Å²) in [6, 6.07) is 6.74. The highest BCUT2D eigenvalue weighted by Crippen LogP contribution is 2.35. The van der Waals surface area contributed by atoms with E-state index in [1.807, 2.05) is 23.5 Å². The maximum atomic E-state index is 2.30. The Hall–Kier alpha value is -0.0800. The third kappa shape index (κ3) is 1.57. The highest BCUT2D eigenvalue weighted by Gasteiger charge is 2.08. The molecule has 0 unspecified atom stereocenters. The average molecular weight is 182 g/mol. The zero-order valence-corrected chi connectivity index (χ0v) is 8.10. The predicted molar refractivity (Wildman–Crippen MR) is 53.2 cm³/mol. The molecule has 0 spiro atoms. The van der Waals surface area contributed by atoms with Gasteiger partial charge in [-0.15, -0.1) is 23.5 Å². The Morgan fingerprint density at radius 3 is 3.18 bits per heavy atom. The van der Waals surface area contributed by atoms with Crippen molar-refractivity contribution in [3.63, 3.8) is 0 Å². The lowest BCUT2D eigenvalue weighted by molar-refractivity contribution is 1.23. The SMILES string of the molecule is Cc1ccc2c(c1)CSCS2. The monoisotopic (exact) mass is 182 g/mol. The molecule has 11 heavy (non-hydrogen) atoms. The highest BCUT2D eigenvalue weighted by atomic mass is 32.2. The van der Waals surface area contributed by atoms with Gasteiger partial charge in [-0.2, -0.15) is 0 Å². The highest BCUT2D eigenvalue weighted by molar-refractivity contribution is 8.16. The van der Waals surface area contributed by atoms with Gasteiger partial charge < -0.3 is 0 Å². The molecule has 0 N–H and O–H groups in total. The van der Waals surface area contributed by atoms with Crippen LogP contribution in [0.2, 0.25) is 0 Å². The van der Waals surface area contributed by atoms with Gasteiger partial charge >= 0.3 is 0 Å². The Kier molecular flexibility index (Phi) is 2.14. The molecule has 0 aliphatic carbocycles. The van der Waals surface area contributed by atoms with E-state index in [4.69, 9.17) is 0 Å². The Balaban J connectivity index is 2.43. The fraction of sp³-hybridized carbons (Fsp3) is 0.333. The lowest BCUT2D eigenvalue weighted by atomic mass is 10.2. The summed E-state index contributed by atoms with van der Waals surface area (Å²) < 4.78 is 0. The second-order valence-corrected chi connectivity index (χ2v) is 5.09. The van der Waals surface area contributed by atoms with E-state index < -0.39 is 0 Å². The van der Waals surface area contributed by atoms with Crippen LogP contribution in [-0.2, 0) is 5.75 Å². The summed E-state index contributed by atoms with van der Waals surface area (Å²) in [5, 5.41) is 1.22. The summed E-state index contributed by atoms with van der Waals surface area (Å²) in [5.74, 6) is 1.20. The van der Waals surface area contributed by atoms with Gasteiger partial charge in [0.1, 0.15) is 0 Å². The third-order valence-electron chi connectivity index (χ3n) is 1.77. The van der Waals surface area contributed by atoms with Crippen molar-refractivity contribution in [2.45, 2.75) is 17.6 Å². The molecule has 0 saturated carbocycles. The number of thioether (sulfide) groups is 2. The van der Waals surface area contributed by atoms with E-state index in [9.17, 15) is 0 Å². The van der Waals surface area contributed by atoms with Gasteiger partial charge in [0.05, 0.1) is 0 Å². The van der Waals surface area contributed by atoms with Crippen LogP contribution in [0.3, 0.4) is 0 Å². The third-order valence-corrected chi connectivity index (χ3v) is 4.13. The van der Waals surface area contributed by atoms with Gasteiger partial charge in [-0.05, 0) is 18.6 Å². The molecule has 0 atom stereocenters. The average Bonchev–Trinajstić information content (AvgIpc) is 2.04. The zero-order valence-electron chi connectivity index (χ0n) is 6.46. The number of aryl methyl sites for hydroxylation is 1. The molecule has 58 valence electrons. The fourth-order valence-electron chi connectivity index (χ4n) is 1.22. The molecule has 0 fully saturated rings. The largest absolute Gasteiger partial charge is 0.146 e. The summed E-state index contributed by atoms with van der Waals surface area (Å²) in [7, 11) is 0. The molecule has 0 amide bonds. The van der Waals surface area contributed by atoms with Crippen molar-refractivity contribution >= 4 is 23.5 Å². The van der Waals surface area contributed by atoms with Crippen LogP contribution in [0.5, 0.6) is 0 Å². The fourth-order valence-corrected chi connectivity index (χ4v) is 3.42. The number of fused-ring (bicyclic) bond motifs is 1. The normalized spacial score (nSPS) is 16.1. The van der Waals surface area contributed by atoms with Gasteiger partial charge in [-0.25, -0.2) is 0 Å². The van der Waals surface area contributed by atoms with E-state index in [0.717, 1.165) is 0 Å². The molecule has 0 nitrogen and oxygen atoms in total. The topological polar surface area (TPSA) is 0 Å². The van der Waals surface area contributed by atoms with Gasteiger partial charge in [0, 0.05) is 15.7 Å². The minimum Gasteiger partial charge on any atom is -0.146 e. The second kappa shape index (κ2) is 3.11. The van der Waals surface area contributed by atoms with Crippen LogP contribution in [0.25, 0.3) is 0 Å². The van der Waals surface area contributed by atoms with Crippen LogP contribution in [0, 0.1) is 6.92 Å². The first-order valence-corrected chi connectivity index (χ1v) is 5.80. The molecule has 0 radical (unpaired) electrons. The van der Waals surface area contributed by atoms with Gasteiger partial charge in [0.15, 0.2) is 0 Å². The first-order valence-electron chi connectivity index (χ1n) is 3.66. The lowest BCUT2D eigenvalue weighted by Gasteiger charge is -2.14. The second-order valence-electron chi connectivity index (χ2n) is 2.72. The van der Waals surface area contributed by atoms with Crippen LogP contribution >= 0.6 is 23.5 Å². The molecule has 0 bridgehead atoms. The van der Waals surface area contributed by atoms with Crippen molar-refractivity contribution in [2.75, 3.05) is 5.08 Å².